The first-order valence-electron chi connectivity index (χ1n) is 21.0. The summed E-state index contributed by atoms with van der Waals surface area (Å²) in [5.41, 5.74) is 15.2. The molecule has 11 aromatic rings. The zero-order valence-corrected chi connectivity index (χ0v) is 34.2. The first kappa shape index (κ1) is 35.4. The summed E-state index contributed by atoms with van der Waals surface area (Å²) < 4.78 is 2.63. The van der Waals surface area contributed by atoms with E-state index < -0.39 is 5.41 Å². The van der Waals surface area contributed by atoms with Gasteiger partial charge in [0.25, 0.3) is 0 Å². The minimum atomic E-state index is -0.511. The fraction of sp³-hybridized carbons (Fsp3) is 0.0169. The molecule has 12 rings (SSSR count). The predicted octanol–water partition coefficient (Wildman–Crippen LogP) is 16.4. The standard InChI is InChI=1S/C59H39NS/c1-3-21-44(22-4-1)59(45-23-5-2-6-24-45)53-31-11-9-29-52(53)58-54(59)32-16-33-55(58)60(47-26-14-20-43(38-47)49-30-15-18-40-17-7-8-27-48(40)49)46-25-13-19-41(37-46)42-35-36-51-50-28-10-12-34-56(50)61-57(51)39-42/h1-39H. The maximum absolute atomic E-state index is 2.50. The highest BCUT2D eigenvalue weighted by atomic mass is 32.1. The van der Waals surface area contributed by atoms with Crippen LogP contribution in [0.4, 0.5) is 17.1 Å². The summed E-state index contributed by atoms with van der Waals surface area (Å²) in [6.45, 7) is 0. The quantitative estimate of drug-likeness (QED) is 0.155. The van der Waals surface area contributed by atoms with Crippen LogP contribution in [0.15, 0.2) is 237 Å². The van der Waals surface area contributed by atoms with Crippen LogP contribution < -0.4 is 4.90 Å². The molecule has 1 aromatic heterocycles. The van der Waals surface area contributed by atoms with E-state index in [0.29, 0.717) is 0 Å². The van der Waals surface area contributed by atoms with Crippen LogP contribution in [0.5, 0.6) is 0 Å². The van der Waals surface area contributed by atoms with Gasteiger partial charge in [-0.05, 0) is 103 Å². The second-order valence-electron chi connectivity index (χ2n) is 16.0. The maximum Gasteiger partial charge on any atom is 0.0714 e. The van der Waals surface area contributed by atoms with Crippen molar-refractivity contribution in [2.24, 2.45) is 0 Å². The van der Waals surface area contributed by atoms with E-state index in [9.17, 15) is 0 Å². The van der Waals surface area contributed by atoms with Crippen LogP contribution in [0.2, 0.25) is 0 Å². The third-order valence-electron chi connectivity index (χ3n) is 12.7. The molecule has 0 saturated heterocycles. The largest absolute Gasteiger partial charge is 0.310 e. The molecule has 0 amide bonds. The molecule has 10 aromatic carbocycles. The van der Waals surface area contributed by atoms with Crippen LogP contribution in [-0.2, 0) is 5.41 Å². The summed E-state index contributed by atoms with van der Waals surface area (Å²) in [6.07, 6.45) is 0. The summed E-state index contributed by atoms with van der Waals surface area (Å²) in [7, 11) is 0. The summed E-state index contributed by atoms with van der Waals surface area (Å²) in [6, 6.07) is 87.4. The Balaban J connectivity index is 1.11. The van der Waals surface area contributed by atoms with Crippen molar-refractivity contribution in [1.82, 2.24) is 0 Å². The maximum atomic E-state index is 2.50. The van der Waals surface area contributed by atoms with E-state index in [2.05, 4.69) is 241 Å². The number of thiophene rings is 1. The van der Waals surface area contributed by atoms with Crippen LogP contribution in [0, 0.1) is 0 Å². The Kier molecular flexibility index (Phi) is 8.33. The predicted molar refractivity (Wildman–Crippen MR) is 260 cm³/mol. The van der Waals surface area contributed by atoms with E-state index in [1.165, 1.54) is 86.6 Å². The normalized spacial score (nSPS) is 12.7. The monoisotopic (exact) mass is 793 g/mol. The van der Waals surface area contributed by atoms with Gasteiger partial charge < -0.3 is 4.90 Å². The molecule has 0 bridgehead atoms. The van der Waals surface area contributed by atoms with Crippen molar-refractivity contribution in [2.45, 2.75) is 5.41 Å². The lowest BCUT2D eigenvalue weighted by molar-refractivity contribution is 0.768. The summed E-state index contributed by atoms with van der Waals surface area (Å²) in [5, 5.41) is 5.12. The fourth-order valence-electron chi connectivity index (χ4n) is 10.1. The van der Waals surface area contributed by atoms with Gasteiger partial charge in [0.05, 0.1) is 11.1 Å². The van der Waals surface area contributed by atoms with Gasteiger partial charge >= 0.3 is 0 Å². The second kappa shape index (κ2) is 14.3. The van der Waals surface area contributed by atoms with Gasteiger partial charge in [-0.1, -0.05) is 194 Å². The zero-order valence-electron chi connectivity index (χ0n) is 33.4. The zero-order chi connectivity index (χ0) is 40.3. The number of fused-ring (bicyclic) bond motifs is 7. The molecule has 1 aliphatic rings. The van der Waals surface area contributed by atoms with Crippen molar-refractivity contribution in [3.05, 3.63) is 259 Å². The van der Waals surface area contributed by atoms with Crippen molar-refractivity contribution in [1.29, 1.82) is 0 Å². The molecule has 61 heavy (non-hydrogen) atoms. The number of benzene rings is 10. The SMILES string of the molecule is c1ccc(C2(c3ccccc3)c3ccccc3-c3c(N(c4cccc(-c5ccc6c(c5)sc5ccccc56)c4)c4cccc(-c5cccc6ccccc56)c4)cccc32)cc1. The highest BCUT2D eigenvalue weighted by molar-refractivity contribution is 7.25. The van der Waals surface area contributed by atoms with Crippen molar-refractivity contribution >= 4 is 59.3 Å². The van der Waals surface area contributed by atoms with Gasteiger partial charge in [-0.3, -0.25) is 0 Å². The molecule has 286 valence electrons. The summed E-state index contributed by atoms with van der Waals surface area (Å²) in [4.78, 5) is 2.50. The van der Waals surface area contributed by atoms with Gasteiger partial charge in [-0.15, -0.1) is 11.3 Å². The van der Waals surface area contributed by atoms with Gasteiger partial charge in [0.2, 0.25) is 0 Å². The first-order chi connectivity index (χ1) is 30.3. The van der Waals surface area contributed by atoms with E-state index in [-0.39, 0.29) is 0 Å². The minimum Gasteiger partial charge on any atom is -0.310 e. The Morgan fingerprint density at radius 2 is 0.902 bits per heavy atom. The summed E-state index contributed by atoms with van der Waals surface area (Å²) in [5.74, 6) is 0. The Bertz CT molecular complexity index is 3390. The Morgan fingerprint density at radius 1 is 0.344 bits per heavy atom. The molecular weight excluding hydrogens is 755 g/mol. The van der Waals surface area contributed by atoms with E-state index in [1.54, 1.807) is 0 Å². The molecule has 0 spiro atoms. The lowest BCUT2D eigenvalue weighted by Gasteiger charge is -2.34. The van der Waals surface area contributed by atoms with Crippen molar-refractivity contribution in [3.63, 3.8) is 0 Å². The smallest absolute Gasteiger partial charge is 0.0714 e. The molecule has 0 radical (unpaired) electrons. The first-order valence-corrected chi connectivity index (χ1v) is 21.8. The molecule has 0 N–H and O–H groups in total. The van der Waals surface area contributed by atoms with Crippen LogP contribution in [0.3, 0.4) is 0 Å². The number of hydrogen-bond donors (Lipinski definition) is 0. The van der Waals surface area contributed by atoms with Crippen LogP contribution in [0.25, 0.3) is 64.3 Å². The van der Waals surface area contributed by atoms with Crippen molar-refractivity contribution in [2.75, 3.05) is 4.90 Å². The molecule has 0 atom stereocenters. The van der Waals surface area contributed by atoms with Crippen LogP contribution in [0.1, 0.15) is 22.3 Å². The Labute approximate surface area is 360 Å². The molecule has 1 heterocycles. The van der Waals surface area contributed by atoms with Crippen molar-refractivity contribution < 1.29 is 0 Å². The van der Waals surface area contributed by atoms with E-state index >= 15 is 0 Å². The van der Waals surface area contributed by atoms with Gasteiger partial charge in [0.15, 0.2) is 0 Å². The number of anilines is 3. The lowest BCUT2D eigenvalue weighted by Crippen LogP contribution is -2.28. The van der Waals surface area contributed by atoms with Crippen LogP contribution in [-0.4, -0.2) is 0 Å². The third kappa shape index (κ3) is 5.60. The molecule has 0 fully saturated rings. The van der Waals surface area contributed by atoms with E-state index in [4.69, 9.17) is 0 Å². The molecule has 2 heteroatoms. The second-order valence-corrected chi connectivity index (χ2v) is 17.1. The molecule has 1 nitrogen and oxygen atoms in total. The number of nitrogens with zero attached hydrogens (tertiary/aromatic N) is 1. The molecule has 0 aliphatic heterocycles. The fourth-order valence-corrected chi connectivity index (χ4v) is 11.3. The third-order valence-corrected chi connectivity index (χ3v) is 13.9. The molecular formula is C59H39NS. The van der Waals surface area contributed by atoms with E-state index in [0.717, 1.165) is 17.1 Å². The van der Waals surface area contributed by atoms with Crippen molar-refractivity contribution in [3.8, 4) is 33.4 Å². The summed E-state index contributed by atoms with van der Waals surface area (Å²) >= 11 is 1.87. The van der Waals surface area contributed by atoms with Crippen LogP contribution >= 0.6 is 11.3 Å². The molecule has 0 unspecified atom stereocenters. The highest BCUT2D eigenvalue weighted by Crippen LogP contribution is 2.59. The van der Waals surface area contributed by atoms with E-state index in [1.807, 2.05) is 11.3 Å². The van der Waals surface area contributed by atoms with Gasteiger partial charge in [-0.25, -0.2) is 0 Å². The highest BCUT2D eigenvalue weighted by Gasteiger charge is 2.47. The number of rotatable bonds is 7. The van der Waals surface area contributed by atoms with Gasteiger partial charge in [0, 0.05) is 37.1 Å². The average molecular weight is 794 g/mol. The van der Waals surface area contributed by atoms with Gasteiger partial charge in [0.1, 0.15) is 0 Å². The number of hydrogen-bond acceptors (Lipinski definition) is 2. The molecule has 1 aliphatic carbocycles. The topological polar surface area (TPSA) is 3.24 Å². The Hall–Kier alpha value is -7.52. The van der Waals surface area contributed by atoms with Gasteiger partial charge in [-0.2, -0.15) is 0 Å². The minimum absolute atomic E-state index is 0.511. The lowest BCUT2D eigenvalue weighted by atomic mass is 9.68. The molecule has 0 saturated carbocycles. The Morgan fingerprint density at radius 3 is 1.70 bits per heavy atom. The average Bonchev–Trinajstić information content (AvgIpc) is 3.86.